The van der Waals surface area contributed by atoms with E-state index < -0.39 is 0 Å². The van der Waals surface area contributed by atoms with Crippen LogP contribution in [-0.2, 0) is 6.54 Å². The molecule has 0 aromatic heterocycles. The number of nitrogens with two attached hydrogens (primary N) is 1. The third-order valence-corrected chi connectivity index (χ3v) is 3.48. The van der Waals surface area contributed by atoms with Crippen LogP contribution < -0.4 is 11.1 Å². The molecule has 18 heavy (non-hydrogen) atoms. The predicted molar refractivity (Wildman–Crippen MR) is 70.1 cm³/mol. The first-order valence-corrected chi connectivity index (χ1v) is 6.47. The predicted octanol–water partition coefficient (Wildman–Crippen LogP) is 1.18. The molecule has 4 N–H and O–H groups in total. The summed E-state index contributed by atoms with van der Waals surface area (Å²) in [5, 5.41) is 12.4. The summed E-state index contributed by atoms with van der Waals surface area (Å²) in [6, 6.07) is 7.54. The number of carbonyl (C=O) groups excluding carboxylic acids is 1. The van der Waals surface area contributed by atoms with E-state index in [0.717, 1.165) is 31.2 Å². The van der Waals surface area contributed by atoms with Gasteiger partial charge in [0.05, 0.1) is 6.10 Å². The highest BCUT2D eigenvalue weighted by molar-refractivity contribution is 5.94. The summed E-state index contributed by atoms with van der Waals surface area (Å²) in [4.78, 5) is 12.0. The van der Waals surface area contributed by atoms with Crippen molar-refractivity contribution in [3.05, 3.63) is 35.4 Å². The van der Waals surface area contributed by atoms with E-state index in [1.54, 1.807) is 12.1 Å². The highest BCUT2D eigenvalue weighted by Gasteiger charge is 2.21. The van der Waals surface area contributed by atoms with E-state index in [1.807, 2.05) is 12.1 Å². The quantitative estimate of drug-likeness (QED) is 0.752. The molecule has 0 aliphatic heterocycles. The molecule has 1 saturated carbocycles. The van der Waals surface area contributed by atoms with Crippen LogP contribution in [0, 0.1) is 0 Å². The zero-order valence-corrected chi connectivity index (χ0v) is 10.4. The molecule has 1 amide bonds. The topological polar surface area (TPSA) is 75.4 Å². The molecule has 0 atom stereocenters. The van der Waals surface area contributed by atoms with E-state index in [2.05, 4.69) is 5.32 Å². The second kappa shape index (κ2) is 5.98. The van der Waals surface area contributed by atoms with Gasteiger partial charge in [0, 0.05) is 18.2 Å². The molecule has 0 bridgehead atoms. The Hall–Kier alpha value is -1.39. The number of hydrogen-bond donors (Lipinski definition) is 3. The fourth-order valence-electron chi connectivity index (χ4n) is 2.28. The summed E-state index contributed by atoms with van der Waals surface area (Å²) < 4.78 is 0. The smallest absolute Gasteiger partial charge is 0.251 e. The lowest BCUT2D eigenvalue weighted by atomic mass is 9.93. The summed E-state index contributed by atoms with van der Waals surface area (Å²) in [6.07, 6.45) is 3.07. The Bertz CT molecular complexity index is 395. The molecule has 0 radical (unpaired) electrons. The Balaban J connectivity index is 1.90. The van der Waals surface area contributed by atoms with Crippen LogP contribution in [0.3, 0.4) is 0 Å². The van der Waals surface area contributed by atoms with E-state index in [0.29, 0.717) is 12.1 Å². The number of benzene rings is 1. The van der Waals surface area contributed by atoms with Crippen LogP contribution >= 0.6 is 0 Å². The number of carbonyl (C=O) groups is 1. The lowest BCUT2D eigenvalue weighted by Gasteiger charge is -2.26. The van der Waals surface area contributed by atoms with Crippen molar-refractivity contribution in [1.82, 2.24) is 5.32 Å². The zero-order valence-electron chi connectivity index (χ0n) is 10.4. The fourth-order valence-corrected chi connectivity index (χ4v) is 2.28. The molecule has 1 fully saturated rings. The molecule has 1 aromatic carbocycles. The van der Waals surface area contributed by atoms with E-state index >= 15 is 0 Å². The normalized spacial score (nSPS) is 23.7. The summed E-state index contributed by atoms with van der Waals surface area (Å²) in [7, 11) is 0. The lowest BCUT2D eigenvalue weighted by Crippen LogP contribution is -2.38. The number of nitrogens with one attached hydrogen (secondary N) is 1. The maximum absolute atomic E-state index is 12.0. The Morgan fingerprint density at radius 2 is 1.83 bits per heavy atom. The van der Waals surface area contributed by atoms with Gasteiger partial charge in [-0.2, -0.15) is 0 Å². The van der Waals surface area contributed by atoms with E-state index in [-0.39, 0.29) is 18.1 Å². The van der Waals surface area contributed by atoms with Crippen molar-refractivity contribution >= 4 is 5.91 Å². The Labute approximate surface area is 107 Å². The number of hydrogen-bond acceptors (Lipinski definition) is 3. The second-order valence-corrected chi connectivity index (χ2v) is 4.88. The van der Waals surface area contributed by atoms with Gasteiger partial charge in [-0.25, -0.2) is 0 Å². The summed E-state index contributed by atoms with van der Waals surface area (Å²) >= 11 is 0. The van der Waals surface area contributed by atoms with Crippen molar-refractivity contribution in [2.75, 3.05) is 0 Å². The van der Waals surface area contributed by atoms with Crippen molar-refractivity contribution in [3.63, 3.8) is 0 Å². The number of rotatable bonds is 3. The minimum absolute atomic E-state index is 0.0417. The zero-order chi connectivity index (χ0) is 13.0. The number of aliphatic hydroxyl groups excluding tert-OH is 1. The van der Waals surface area contributed by atoms with Gasteiger partial charge >= 0.3 is 0 Å². The molecular weight excluding hydrogens is 228 g/mol. The highest BCUT2D eigenvalue weighted by Crippen LogP contribution is 2.18. The summed E-state index contributed by atoms with van der Waals surface area (Å²) in [5.74, 6) is -0.0417. The van der Waals surface area contributed by atoms with Gasteiger partial charge in [0.25, 0.3) is 5.91 Å². The number of amides is 1. The minimum Gasteiger partial charge on any atom is -0.393 e. The molecule has 0 spiro atoms. The monoisotopic (exact) mass is 248 g/mol. The third kappa shape index (κ3) is 3.31. The van der Waals surface area contributed by atoms with Crippen LogP contribution in [0.15, 0.2) is 24.3 Å². The van der Waals surface area contributed by atoms with Crippen LogP contribution in [0.25, 0.3) is 0 Å². The van der Waals surface area contributed by atoms with Crippen molar-refractivity contribution in [2.24, 2.45) is 5.73 Å². The van der Waals surface area contributed by atoms with Gasteiger partial charge in [-0.1, -0.05) is 12.1 Å². The van der Waals surface area contributed by atoms with Crippen LogP contribution in [-0.4, -0.2) is 23.2 Å². The standard InChI is InChI=1S/C14H20N2O2/c15-9-10-1-3-11(4-2-10)14(18)16-12-5-7-13(17)8-6-12/h1-4,12-13,17H,5-9,15H2,(H,16,18). The van der Waals surface area contributed by atoms with Crippen molar-refractivity contribution in [1.29, 1.82) is 0 Å². The van der Waals surface area contributed by atoms with Gasteiger partial charge in [0.15, 0.2) is 0 Å². The van der Waals surface area contributed by atoms with Crippen molar-refractivity contribution < 1.29 is 9.90 Å². The van der Waals surface area contributed by atoms with Crippen molar-refractivity contribution in [2.45, 2.75) is 44.4 Å². The van der Waals surface area contributed by atoms with Gasteiger partial charge in [0.2, 0.25) is 0 Å². The second-order valence-electron chi connectivity index (χ2n) is 4.88. The van der Waals surface area contributed by atoms with Gasteiger partial charge in [-0.3, -0.25) is 4.79 Å². The molecule has 0 saturated heterocycles. The van der Waals surface area contributed by atoms with Crippen molar-refractivity contribution in [3.8, 4) is 0 Å². The van der Waals surface area contributed by atoms with Crippen LogP contribution in [0.4, 0.5) is 0 Å². The van der Waals surface area contributed by atoms with Gasteiger partial charge in [-0.15, -0.1) is 0 Å². The van der Waals surface area contributed by atoms with Crippen LogP contribution in [0.1, 0.15) is 41.6 Å². The van der Waals surface area contributed by atoms with E-state index in [4.69, 9.17) is 5.73 Å². The van der Waals surface area contributed by atoms with Crippen LogP contribution in [0.2, 0.25) is 0 Å². The lowest BCUT2D eigenvalue weighted by molar-refractivity contribution is 0.0867. The SMILES string of the molecule is NCc1ccc(C(=O)NC2CCC(O)CC2)cc1. The van der Waals surface area contributed by atoms with Gasteiger partial charge < -0.3 is 16.2 Å². The summed E-state index contributed by atoms with van der Waals surface area (Å²) in [5.41, 5.74) is 7.20. The molecule has 4 nitrogen and oxygen atoms in total. The van der Waals surface area contributed by atoms with Gasteiger partial charge in [0.1, 0.15) is 0 Å². The molecule has 4 heteroatoms. The molecule has 98 valence electrons. The van der Waals surface area contributed by atoms with E-state index in [9.17, 15) is 9.90 Å². The number of aliphatic hydroxyl groups is 1. The molecule has 0 heterocycles. The Morgan fingerprint density at radius 1 is 1.22 bits per heavy atom. The first kappa shape index (κ1) is 13.1. The summed E-state index contributed by atoms with van der Waals surface area (Å²) in [6.45, 7) is 0.489. The van der Waals surface area contributed by atoms with E-state index in [1.165, 1.54) is 0 Å². The maximum atomic E-state index is 12.0. The maximum Gasteiger partial charge on any atom is 0.251 e. The fraction of sp³-hybridized carbons (Fsp3) is 0.500. The highest BCUT2D eigenvalue weighted by atomic mass is 16.3. The van der Waals surface area contributed by atoms with Gasteiger partial charge in [-0.05, 0) is 43.4 Å². The molecule has 2 rings (SSSR count). The molecule has 0 unspecified atom stereocenters. The minimum atomic E-state index is -0.193. The first-order valence-electron chi connectivity index (χ1n) is 6.47. The molecule has 1 aromatic rings. The van der Waals surface area contributed by atoms with Crippen LogP contribution in [0.5, 0.6) is 0 Å². The average molecular weight is 248 g/mol. The largest absolute Gasteiger partial charge is 0.393 e. The first-order chi connectivity index (χ1) is 8.69. The molecule has 1 aliphatic rings. The Morgan fingerprint density at radius 3 is 2.39 bits per heavy atom. The third-order valence-electron chi connectivity index (χ3n) is 3.48. The molecular formula is C14H20N2O2. The Kier molecular flexibility index (Phi) is 4.33. The average Bonchev–Trinajstić information content (AvgIpc) is 2.41. The molecule has 1 aliphatic carbocycles.